The molecule has 4 N–H and O–H groups in total. The number of aliphatic hydroxyl groups is 1. The zero-order valence-corrected chi connectivity index (χ0v) is 16.3. The van der Waals surface area contributed by atoms with E-state index >= 15 is 0 Å². The Kier molecular flexibility index (Phi) is 6.24. The highest BCUT2D eigenvalue weighted by atomic mass is 16.3. The molecule has 2 amide bonds. The topological polar surface area (TPSA) is 119 Å². The molecule has 1 unspecified atom stereocenters. The maximum absolute atomic E-state index is 12.8. The van der Waals surface area contributed by atoms with Gasteiger partial charge in [0.15, 0.2) is 0 Å². The Morgan fingerprint density at radius 1 is 1.33 bits per heavy atom. The van der Waals surface area contributed by atoms with E-state index < -0.39 is 23.6 Å². The third-order valence-electron chi connectivity index (χ3n) is 4.96. The Morgan fingerprint density at radius 3 is 2.44 bits per heavy atom. The summed E-state index contributed by atoms with van der Waals surface area (Å²) in [4.78, 5) is 26.9. The van der Waals surface area contributed by atoms with Crippen molar-refractivity contribution in [2.45, 2.75) is 58.3 Å². The second-order valence-corrected chi connectivity index (χ2v) is 8.20. The van der Waals surface area contributed by atoms with Gasteiger partial charge in [-0.15, -0.1) is 0 Å². The average molecular weight is 372 g/mol. The molecule has 0 radical (unpaired) electrons. The molecule has 0 aliphatic carbocycles. The van der Waals surface area contributed by atoms with Crippen molar-refractivity contribution in [1.29, 1.82) is 5.26 Å². The molecule has 27 heavy (non-hydrogen) atoms. The molecule has 0 aromatic heterocycles. The van der Waals surface area contributed by atoms with Gasteiger partial charge in [-0.1, -0.05) is 32.9 Å². The van der Waals surface area contributed by atoms with Crippen LogP contribution in [0.5, 0.6) is 0 Å². The van der Waals surface area contributed by atoms with Crippen molar-refractivity contribution < 1.29 is 14.7 Å². The highest BCUT2D eigenvalue weighted by molar-refractivity contribution is 5.91. The maximum Gasteiger partial charge on any atom is 0.243 e. The van der Waals surface area contributed by atoms with Crippen LogP contribution in [0.1, 0.15) is 51.3 Å². The number of hydrogen-bond donors (Lipinski definition) is 3. The lowest BCUT2D eigenvalue weighted by molar-refractivity contribution is -0.141. The van der Waals surface area contributed by atoms with Crippen LogP contribution in [0.25, 0.3) is 0 Å². The minimum atomic E-state index is -0.756. The largest absolute Gasteiger partial charge is 0.391 e. The number of rotatable bonds is 4. The molecule has 1 aliphatic rings. The van der Waals surface area contributed by atoms with Gasteiger partial charge in [0.1, 0.15) is 6.04 Å². The molecule has 7 nitrogen and oxygen atoms in total. The van der Waals surface area contributed by atoms with E-state index in [1.807, 2.05) is 27.7 Å². The van der Waals surface area contributed by atoms with Crippen LogP contribution in [0.2, 0.25) is 0 Å². The Labute approximate surface area is 160 Å². The SMILES string of the molecule is C[C@H](NC(=O)[C@@H]1C[C@@H](O)CN1C(=O)C(N)C(C)(C)C)c1ccc(C#N)cc1. The molecule has 0 bridgehead atoms. The standard InChI is InChI=1S/C20H28N4O3/c1-12(14-7-5-13(10-21)6-8-14)23-18(26)16-9-15(25)11-24(16)19(27)17(22)20(2,3)4/h5-8,12,15-17,25H,9,11,22H2,1-4H3,(H,23,26)/t12-,15+,16-,17?/m0/s1. The van der Waals surface area contributed by atoms with Crippen molar-refractivity contribution in [2.75, 3.05) is 6.54 Å². The van der Waals surface area contributed by atoms with Gasteiger partial charge in [0.2, 0.25) is 11.8 Å². The summed E-state index contributed by atoms with van der Waals surface area (Å²) in [7, 11) is 0. The van der Waals surface area contributed by atoms with Gasteiger partial charge >= 0.3 is 0 Å². The van der Waals surface area contributed by atoms with E-state index in [0.717, 1.165) is 5.56 Å². The number of amides is 2. The van der Waals surface area contributed by atoms with E-state index in [1.54, 1.807) is 24.3 Å². The number of hydrogen-bond acceptors (Lipinski definition) is 5. The molecule has 1 aliphatic heterocycles. The number of likely N-dealkylation sites (tertiary alicyclic amines) is 1. The Morgan fingerprint density at radius 2 is 1.93 bits per heavy atom. The number of nitrogens with one attached hydrogen (secondary N) is 1. The number of carbonyl (C=O) groups excluding carboxylic acids is 2. The quantitative estimate of drug-likeness (QED) is 0.730. The highest BCUT2D eigenvalue weighted by Gasteiger charge is 2.42. The summed E-state index contributed by atoms with van der Waals surface area (Å²) in [5, 5.41) is 21.8. The molecular weight excluding hydrogens is 344 g/mol. The zero-order valence-electron chi connectivity index (χ0n) is 16.3. The number of aliphatic hydroxyl groups excluding tert-OH is 1. The van der Waals surface area contributed by atoms with Crippen molar-refractivity contribution in [1.82, 2.24) is 10.2 Å². The second kappa shape index (κ2) is 8.07. The molecule has 1 aromatic rings. The summed E-state index contributed by atoms with van der Waals surface area (Å²) in [5.74, 6) is -0.650. The molecule has 1 fully saturated rings. The number of nitrogens with zero attached hydrogens (tertiary/aromatic N) is 2. The first kappa shape index (κ1) is 20.9. The molecule has 146 valence electrons. The van der Waals surface area contributed by atoms with Crippen LogP contribution >= 0.6 is 0 Å². The molecule has 4 atom stereocenters. The van der Waals surface area contributed by atoms with E-state index in [-0.39, 0.29) is 30.8 Å². The maximum atomic E-state index is 12.8. The smallest absolute Gasteiger partial charge is 0.243 e. The van der Waals surface area contributed by atoms with Gasteiger partial charge in [-0.2, -0.15) is 5.26 Å². The summed E-state index contributed by atoms with van der Waals surface area (Å²) in [6.07, 6.45) is -0.559. The first-order chi connectivity index (χ1) is 12.5. The summed E-state index contributed by atoms with van der Waals surface area (Å²) < 4.78 is 0. The fourth-order valence-corrected chi connectivity index (χ4v) is 3.09. The molecule has 1 saturated heterocycles. The zero-order chi connectivity index (χ0) is 20.4. The van der Waals surface area contributed by atoms with Crippen LogP contribution in [-0.4, -0.2) is 46.6 Å². The summed E-state index contributed by atoms with van der Waals surface area (Å²) >= 11 is 0. The first-order valence-electron chi connectivity index (χ1n) is 9.09. The third-order valence-corrected chi connectivity index (χ3v) is 4.96. The molecular formula is C20H28N4O3. The van der Waals surface area contributed by atoms with Gasteiger partial charge in [0.25, 0.3) is 0 Å². The second-order valence-electron chi connectivity index (χ2n) is 8.20. The van der Waals surface area contributed by atoms with E-state index in [9.17, 15) is 14.7 Å². The van der Waals surface area contributed by atoms with E-state index in [4.69, 9.17) is 11.0 Å². The van der Waals surface area contributed by atoms with Gasteiger partial charge in [-0.05, 0) is 30.0 Å². The number of nitriles is 1. The molecule has 1 aromatic carbocycles. The van der Waals surface area contributed by atoms with Crippen LogP contribution in [0, 0.1) is 16.7 Å². The fraction of sp³-hybridized carbons (Fsp3) is 0.550. The van der Waals surface area contributed by atoms with Crippen LogP contribution in [0.4, 0.5) is 0 Å². The normalized spacial score (nSPS) is 22.0. The van der Waals surface area contributed by atoms with Crippen molar-refractivity contribution >= 4 is 11.8 Å². The van der Waals surface area contributed by atoms with Gasteiger partial charge in [0.05, 0.1) is 29.8 Å². The minimum Gasteiger partial charge on any atom is -0.391 e. The van der Waals surface area contributed by atoms with Gasteiger partial charge in [0, 0.05) is 13.0 Å². The molecule has 7 heteroatoms. The van der Waals surface area contributed by atoms with Crippen molar-refractivity contribution in [3.63, 3.8) is 0 Å². The lowest BCUT2D eigenvalue weighted by Crippen LogP contribution is -2.55. The Hall–Kier alpha value is -2.43. The third kappa shape index (κ3) is 4.85. The lowest BCUT2D eigenvalue weighted by Gasteiger charge is -2.32. The molecule has 0 spiro atoms. The first-order valence-corrected chi connectivity index (χ1v) is 9.09. The summed E-state index contributed by atoms with van der Waals surface area (Å²) in [6, 6.07) is 7.20. The Balaban J connectivity index is 2.10. The predicted octanol–water partition coefficient (Wildman–Crippen LogP) is 1.07. The van der Waals surface area contributed by atoms with E-state index in [0.29, 0.717) is 5.56 Å². The van der Waals surface area contributed by atoms with Crippen molar-refractivity contribution in [3.8, 4) is 6.07 Å². The van der Waals surface area contributed by atoms with E-state index in [1.165, 1.54) is 4.90 Å². The highest BCUT2D eigenvalue weighted by Crippen LogP contribution is 2.25. The van der Waals surface area contributed by atoms with Crippen LogP contribution in [0.3, 0.4) is 0 Å². The van der Waals surface area contributed by atoms with Crippen molar-refractivity contribution in [3.05, 3.63) is 35.4 Å². The van der Waals surface area contributed by atoms with Gasteiger partial charge in [-0.3, -0.25) is 9.59 Å². The molecule has 0 saturated carbocycles. The number of nitrogens with two attached hydrogens (primary N) is 1. The van der Waals surface area contributed by atoms with Crippen LogP contribution < -0.4 is 11.1 Å². The van der Waals surface area contributed by atoms with Gasteiger partial charge < -0.3 is 21.1 Å². The average Bonchev–Trinajstić information content (AvgIpc) is 3.01. The predicted molar refractivity (Wildman–Crippen MR) is 101 cm³/mol. The fourth-order valence-electron chi connectivity index (χ4n) is 3.09. The summed E-state index contributed by atoms with van der Waals surface area (Å²) in [6.45, 7) is 7.53. The van der Waals surface area contributed by atoms with Crippen LogP contribution in [0.15, 0.2) is 24.3 Å². The van der Waals surface area contributed by atoms with Gasteiger partial charge in [-0.25, -0.2) is 0 Å². The monoisotopic (exact) mass is 372 g/mol. The van der Waals surface area contributed by atoms with Crippen molar-refractivity contribution in [2.24, 2.45) is 11.1 Å². The number of β-amino-alcohol motifs (C(OH)–C–C–N with tert-alkyl or cyclic N) is 1. The summed E-state index contributed by atoms with van der Waals surface area (Å²) in [5.41, 5.74) is 7.03. The molecule has 2 rings (SSSR count). The van der Waals surface area contributed by atoms with Crippen LogP contribution in [-0.2, 0) is 9.59 Å². The lowest BCUT2D eigenvalue weighted by atomic mass is 9.86. The minimum absolute atomic E-state index is 0.103. The number of benzene rings is 1. The van der Waals surface area contributed by atoms with E-state index in [2.05, 4.69) is 11.4 Å². The Bertz CT molecular complexity index is 733. The number of carbonyl (C=O) groups is 2. The molecule has 1 heterocycles.